The van der Waals surface area contributed by atoms with Crippen molar-refractivity contribution in [3.8, 4) is 0 Å². The second-order valence-electron chi connectivity index (χ2n) is 4.93. The molecule has 0 atom stereocenters. The Balaban J connectivity index is 2.53. The molecule has 0 spiro atoms. The van der Waals surface area contributed by atoms with Crippen molar-refractivity contribution in [3.05, 3.63) is 35.4 Å². The molecule has 2 amide bonds. The molecule has 0 radical (unpaired) electrons. The van der Waals surface area contributed by atoms with Crippen molar-refractivity contribution >= 4 is 11.8 Å². The monoisotopic (exact) mass is 276 g/mol. The zero-order valence-electron chi connectivity index (χ0n) is 12.6. The van der Waals surface area contributed by atoms with Crippen LogP contribution in [0, 0.1) is 6.92 Å². The Kier molecular flexibility index (Phi) is 6.77. The molecule has 0 saturated carbocycles. The van der Waals surface area contributed by atoms with Crippen molar-refractivity contribution in [2.75, 3.05) is 19.6 Å². The predicted octanol–water partition coefficient (Wildman–Crippen LogP) is 2.37. The Morgan fingerprint density at radius 2 is 1.80 bits per heavy atom. The van der Waals surface area contributed by atoms with Crippen LogP contribution in [0.3, 0.4) is 0 Å². The molecule has 4 heteroatoms. The summed E-state index contributed by atoms with van der Waals surface area (Å²) in [4.78, 5) is 25.8. The van der Waals surface area contributed by atoms with Crippen LogP contribution < -0.4 is 5.32 Å². The molecule has 1 N–H and O–H groups in total. The topological polar surface area (TPSA) is 49.4 Å². The maximum atomic E-state index is 12.0. The van der Waals surface area contributed by atoms with E-state index in [1.54, 1.807) is 11.0 Å². The van der Waals surface area contributed by atoms with Gasteiger partial charge in [0.15, 0.2) is 0 Å². The first kappa shape index (κ1) is 16.2. The molecule has 0 aliphatic carbocycles. The first-order chi connectivity index (χ1) is 9.58. The number of benzene rings is 1. The average Bonchev–Trinajstić information content (AvgIpc) is 2.44. The van der Waals surface area contributed by atoms with Gasteiger partial charge in [0.05, 0.1) is 6.54 Å². The zero-order chi connectivity index (χ0) is 15.0. The Morgan fingerprint density at radius 1 is 1.15 bits per heavy atom. The number of rotatable bonds is 7. The summed E-state index contributed by atoms with van der Waals surface area (Å²) in [5, 5.41) is 2.69. The highest BCUT2D eigenvalue weighted by Gasteiger charge is 2.13. The minimum atomic E-state index is -0.199. The van der Waals surface area contributed by atoms with Crippen molar-refractivity contribution < 1.29 is 9.59 Å². The lowest BCUT2D eigenvalue weighted by Crippen LogP contribution is -2.41. The molecule has 0 unspecified atom stereocenters. The summed E-state index contributed by atoms with van der Waals surface area (Å²) in [6.07, 6.45) is 1.86. The molecule has 110 valence electrons. The van der Waals surface area contributed by atoms with Crippen molar-refractivity contribution in [2.24, 2.45) is 0 Å². The second kappa shape index (κ2) is 8.35. The third kappa shape index (κ3) is 5.03. The first-order valence-corrected chi connectivity index (χ1v) is 7.21. The van der Waals surface area contributed by atoms with Gasteiger partial charge in [-0.1, -0.05) is 31.5 Å². The van der Waals surface area contributed by atoms with E-state index in [9.17, 15) is 9.59 Å². The molecular formula is C16H24N2O2. The highest BCUT2D eigenvalue weighted by molar-refractivity contribution is 5.96. The van der Waals surface area contributed by atoms with Crippen LogP contribution in [-0.4, -0.2) is 36.3 Å². The van der Waals surface area contributed by atoms with Gasteiger partial charge in [0.2, 0.25) is 5.91 Å². The fourth-order valence-electron chi connectivity index (χ4n) is 2.06. The lowest BCUT2D eigenvalue weighted by molar-refractivity contribution is -0.130. The van der Waals surface area contributed by atoms with E-state index in [-0.39, 0.29) is 18.4 Å². The van der Waals surface area contributed by atoms with Crippen LogP contribution in [0.1, 0.15) is 42.6 Å². The molecule has 0 fully saturated rings. The lowest BCUT2D eigenvalue weighted by Gasteiger charge is -2.21. The molecule has 0 aromatic heterocycles. The molecule has 1 rings (SSSR count). The van der Waals surface area contributed by atoms with Crippen LogP contribution in [0.2, 0.25) is 0 Å². The van der Waals surface area contributed by atoms with Gasteiger partial charge in [-0.3, -0.25) is 9.59 Å². The van der Waals surface area contributed by atoms with Gasteiger partial charge in [0, 0.05) is 18.7 Å². The maximum Gasteiger partial charge on any atom is 0.251 e. The molecule has 0 aliphatic heterocycles. The van der Waals surface area contributed by atoms with Crippen molar-refractivity contribution in [3.63, 3.8) is 0 Å². The highest BCUT2D eigenvalue weighted by atomic mass is 16.2. The van der Waals surface area contributed by atoms with Gasteiger partial charge in [0.25, 0.3) is 5.91 Å². The van der Waals surface area contributed by atoms with E-state index < -0.39 is 0 Å². The number of carbonyl (C=O) groups is 2. The van der Waals surface area contributed by atoms with Crippen LogP contribution in [0.4, 0.5) is 0 Å². The lowest BCUT2D eigenvalue weighted by atomic mass is 10.1. The summed E-state index contributed by atoms with van der Waals surface area (Å²) in [5.74, 6) is -0.218. The van der Waals surface area contributed by atoms with E-state index in [0.29, 0.717) is 5.56 Å². The summed E-state index contributed by atoms with van der Waals surface area (Å²) < 4.78 is 0. The fourth-order valence-corrected chi connectivity index (χ4v) is 2.06. The smallest absolute Gasteiger partial charge is 0.251 e. The number of nitrogens with zero attached hydrogens (tertiary/aromatic N) is 1. The molecule has 1 aromatic carbocycles. The van der Waals surface area contributed by atoms with Gasteiger partial charge >= 0.3 is 0 Å². The summed E-state index contributed by atoms with van der Waals surface area (Å²) in [6, 6.07) is 7.34. The van der Waals surface area contributed by atoms with E-state index in [4.69, 9.17) is 0 Å². The molecule has 0 heterocycles. The molecule has 0 saturated heterocycles. The summed E-state index contributed by atoms with van der Waals surface area (Å²) in [7, 11) is 0. The molecule has 20 heavy (non-hydrogen) atoms. The SMILES string of the molecule is CCCN(CCC)C(=O)CNC(=O)c1cccc(C)c1. The van der Waals surface area contributed by atoms with E-state index in [0.717, 1.165) is 31.5 Å². The van der Waals surface area contributed by atoms with Gasteiger partial charge in [-0.2, -0.15) is 0 Å². The van der Waals surface area contributed by atoms with Crippen molar-refractivity contribution in [2.45, 2.75) is 33.6 Å². The number of hydrogen-bond donors (Lipinski definition) is 1. The number of carbonyl (C=O) groups excluding carboxylic acids is 2. The minimum absolute atomic E-state index is 0.0188. The number of hydrogen-bond acceptors (Lipinski definition) is 2. The van der Waals surface area contributed by atoms with E-state index >= 15 is 0 Å². The molecule has 1 aromatic rings. The average molecular weight is 276 g/mol. The quantitative estimate of drug-likeness (QED) is 0.831. The predicted molar refractivity (Wildman–Crippen MR) is 80.7 cm³/mol. The Morgan fingerprint density at radius 3 is 2.35 bits per heavy atom. The molecule has 4 nitrogen and oxygen atoms in total. The van der Waals surface area contributed by atoms with Gasteiger partial charge < -0.3 is 10.2 Å². The van der Waals surface area contributed by atoms with E-state index in [1.807, 2.05) is 39.0 Å². The summed E-state index contributed by atoms with van der Waals surface area (Å²) in [6.45, 7) is 7.57. The van der Waals surface area contributed by atoms with Crippen molar-refractivity contribution in [1.82, 2.24) is 10.2 Å². The van der Waals surface area contributed by atoms with Gasteiger partial charge in [-0.05, 0) is 31.9 Å². The molecule has 0 aliphatic rings. The Hall–Kier alpha value is -1.84. The molecular weight excluding hydrogens is 252 g/mol. The van der Waals surface area contributed by atoms with Gasteiger partial charge in [-0.15, -0.1) is 0 Å². The van der Waals surface area contributed by atoms with Gasteiger partial charge in [0.1, 0.15) is 0 Å². The minimum Gasteiger partial charge on any atom is -0.343 e. The number of amides is 2. The Bertz CT molecular complexity index is 452. The first-order valence-electron chi connectivity index (χ1n) is 7.21. The van der Waals surface area contributed by atoms with Crippen LogP contribution in [0.25, 0.3) is 0 Å². The van der Waals surface area contributed by atoms with Crippen LogP contribution in [0.5, 0.6) is 0 Å². The zero-order valence-corrected chi connectivity index (χ0v) is 12.6. The highest BCUT2D eigenvalue weighted by Crippen LogP contribution is 2.03. The normalized spacial score (nSPS) is 10.2. The van der Waals surface area contributed by atoms with Crippen LogP contribution >= 0.6 is 0 Å². The summed E-state index contributed by atoms with van der Waals surface area (Å²) in [5.41, 5.74) is 1.62. The summed E-state index contributed by atoms with van der Waals surface area (Å²) >= 11 is 0. The maximum absolute atomic E-state index is 12.0. The van der Waals surface area contributed by atoms with E-state index in [2.05, 4.69) is 5.32 Å². The Labute approximate surface area is 121 Å². The second-order valence-corrected chi connectivity index (χ2v) is 4.93. The van der Waals surface area contributed by atoms with Crippen molar-refractivity contribution in [1.29, 1.82) is 0 Å². The van der Waals surface area contributed by atoms with Gasteiger partial charge in [-0.25, -0.2) is 0 Å². The van der Waals surface area contributed by atoms with Crippen LogP contribution in [0.15, 0.2) is 24.3 Å². The number of nitrogens with one attached hydrogen (secondary N) is 1. The standard InChI is InChI=1S/C16H24N2O2/c1-4-9-18(10-5-2)15(19)12-17-16(20)14-8-6-7-13(3)11-14/h6-8,11H,4-5,9-10,12H2,1-3H3,(H,17,20). The fraction of sp³-hybridized carbons (Fsp3) is 0.500. The largest absolute Gasteiger partial charge is 0.343 e. The van der Waals surface area contributed by atoms with E-state index in [1.165, 1.54) is 0 Å². The third-order valence-electron chi connectivity index (χ3n) is 3.02. The third-order valence-corrected chi connectivity index (χ3v) is 3.02. The number of aryl methyl sites for hydroxylation is 1. The molecule has 0 bridgehead atoms. The van der Waals surface area contributed by atoms with Crippen LogP contribution in [-0.2, 0) is 4.79 Å².